The highest BCUT2D eigenvalue weighted by atomic mass is 32.2. The molecule has 1 N–H and O–H groups in total. The van der Waals surface area contributed by atoms with Crippen LogP contribution in [0.1, 0.15) is 25.8 Å². The van der Waals surface area contributed by atoms with Gasteiger partial charge in [0.05, 0.1) is 11.5 Å². The summed E-state index contributed by atoms with van der Waals surface area (Å²) in [4.78, 5) is 14.3. The van der Waals surface area contributed by atoms with Crippen molar-refractivity contribution < 1.29 is 13.2 Å². The van der Waals surface area contributed by atoms with E-state index in [4.69, 9.17) is 0 Å². The zero-order valence-corrected chi connectivity index (χ0v) is 14.2. The normalized spacial score (nSPS) is 21.3. The van der Waals surface area contributed by atoms with Crippen LogP contribution in [-0.4, -0.2) is 49.4 Å². The van der Waals surface area contributed by atoms with Crippen molar-refractivity contribution in [3.8, 4) is 0 Å². The molecule has 122 valence electrons. The van der Waals surface area contributed by atoms with Crippen LogP contribution in [0, 0.1) is 6.92 Å². The Kier molecular flexibility index (Phi) is 5.11. The number of sulfone groups is 1. The molecule has 0 bridgehead atoms. The first-order chi connectivity index (χ1) is 10.3. The summed E-state index contributed by atoms with van der Waals surface area (Å²) in [5.74, 6) is 0.218. The largest absolute Gasteiger partial charge is 0.374 e. The Balaban J connectivity index is 2.03. The van der Waals surface area contributed by atoms with Gasteiger partial charge in [0, 0.05) is 18.3 Å². The molecular weight excluding hydrogens is 300 g/mol. The Morgan fingerprint density at radius 1 is 1.36 bits per heavy atom. The molecular formula is C16H24N2O3S. The van der Waals surface area contributed by atoms with Crippen LogP contribution in [0.15, 0.2) is 24.3 Å². The van der Waals surface area contributed by atoms with Gasteiger partial charge in [-0.25, -0.2) is 8.42 Å². The fourth-order valence-electron chi connectivity index (χ4n) is 2.83. The number of benzene rings is 1. The fourth-order valence-corrected chi connectivity index (χ4v) is 4.56. The van der Waals surface area contributed by atoms with Crippen LogP contribution in [0.4, 0.5) is 5.69 Å². The Hall–Kier alpha value is -1.56. The highest BCUT2D eigenvalue weighted by molar-refractivity contribution is 7.91. The highest BCUT2D eigenvalue weighted by Gasteiger charge is 2.35. The van der Waals surface area contributed by atoms with Crippen molar-refractivity contribution in [1.82, 2.24) is 4.90 Å². The predicted molar refractivity (Wildman–Crippen MR) is 88.7 cm³/mol. The second kappa shape index (κ2) is 6.69. The topological polar surface area (TPSA) is 66.5 Å². The Morgan fingerprint density at radius 2 is 2.00 bits per heavy atom. The van der Waals surface area contributed by atoms with E-state index in [-0.39, 0.29) is 29.5 Å². The second-order valence-corrected chi connectivity index (χ2v) is 8.14. The summed E-state index contributed by atoms with van der Waals surface area (Å²) in [6, 6.07) is 7.28. The smallest absolute Gasteiger partial charge is 0.245 e. The Morgan fingerprint density at radius 3 is 2.50 bits per heavy atom. The predicted octanol–water partition coefficient (Wildman–Crippen LogP) is 1.83. The molecule has 2 rings (SSSR count). The van der Waals surface area contributed by atoms with E-state index in [1.165, 1.54) is 0 Å². The Labute approximate surface area is 132 Å². The molecule has 1 aromatic carbocycles. The van der Waals surface area contributed by atoms with Crippen LogP contribution in [0.25, 0.3) is 0 Å². The maximum atomic E-state index is 12.6. The average molecular weight is 324 g/mol. The lowest BCUT2D eigenvalue weighted by Crippen LogP contribution is -2.47. The Bertz CT molecular complexity index is 625. The van der Waals surface area contributed by atoms with E-state index in [0.29, 0.717) is 13.0 Å². The minimum atomic E-state index is -2.99. The third kappa shape index (κ3) is 4.00. The summed E-state index contributed by atoms with van der Waals surface area (Å²) in [6.45, 7) is 6.24. The molecule has 0 aromatic heterocycles. The van der Waals surface area contributed by atoms with Crippen molar-refractivity contribution in [2.24, 2.45) is 0 Å². The lowest BCUT2D eigenvalue weighted by molar-refractivity contribution is -0.133. The number of hydrogen-bond donors (Lipinski definition) is 1. The molecule has 6 heteroatoms. The summed E-state index contributed by atoms with van der Waals surface area (Å²) in [6.07, 6.45) is 0.541. The van der Waals surface area contributed by atoms with Crippen LogP contribution in [0.3, 0.4) is 0 Å². The fraction of sp³-hybridized carbons (Fsp3) is 0.562. The molecule has 22 heavy (non-hydrogen) atoms. The number of rotatable bonds is 5. The van der Waals surface area contributed by atoms with Crippen LogP contribution in [-0.2, 0) is 14.6 Å². The number of anilines is 1. The van der Waals surface area contributed by atoms with Crippen LogP contribution in [0.5, 0.6) is 0 Å². The van der Waals surface area contributed by atoms with Crippen molar-refractivity contribution in [1.29, 1.82) is 0 Å². The number of aryl methyl sites for hydroxylation is 1. The maximum absolute atomic E-state index is 12.6. The first-order valence-corrected chi connectivity index (χ1v) is 9.48. The molecule has 1 aliphatic heterocycles. The number of carbonyl (C=O) groups excluding carboxylic acids is 1. The summed E-state index contributed by atoms with van der Waals surface area (Å²) >= 11 is 0. The number of nitrogens with zero attached hydrogens (tertiary/aromatic N) is 1. The zero-order valence-electron chi connectivity index (χ0n) is 13.4. The molecule has 1 amide bonds. The van der Waals surface area contributed by atoms with E-state index in [1.54, 1.807) is 4.90 Å². The molecule has 1 heterocycles. The summed E-state index contributed by atoms with van der Waals surface area (Å²) in [5, 5.41) is 3.19. The third-order valence-electron chi connectivity index (χ3n) is 4.08. The van der Waals surface area contributed by atoms with Gasteiger partial charge in [0.2, 0.25) is 5.91 Å². The first-order valence-electron chi connectivity index (χ1n) is 7.66. The second-order valence-electron chi connectivity index (χ2n) is 5.91. The highest BCUT2D eigenvalue weighted by Crippen LogP contribution is 2.19. The van der Waals surface area contributed by atoms with Crippen molar-refractivity contribution in [3.63, 3.8) is 0 Å². The number of amides is 1. The van der Waals surface area contributed by atoms with Crippen molar-refractivity contribution in [2.75, 3.05) is 23.4 Å². The molecule has 1 saturated heterocycles. The van der Waals surface area contributed by atoms with Gasteiger partial charge in [0.15, 0.2) is 9.84 Å². The number of likely N-dealkylation sites (N-methyl/N-ethyl adjacent to an activating group) is 1. The average Bonchev–Trinajstić information content (AvgIpc) is 2.82. The molecule has 5 nitrogen and oxygen atoms in total. The van der Waals surface area contributed by atoms with E-state index in [2.05, 4.69) is 5.32 Å². The molecule has 0 aliphatic carbocycles. The first kappa shape index (κ1) is 16.8. The standard InChI is InChI=1S/C16H24N2O3S/c1-4-18(15-9-10-22(20,21)11-15)16(19)13(3)17-14-7-5-12(2)6-8-14/h5-8,13,15,17H,4,9-11H2,1-3H3. The van der Waals surface area contributed by atoms with E-state index in [1.807, 2.05) is 45.0 Å². The molecule has 0 saturated carbocycles. The van der Waals surface area contributed by atoms with Gasteiger partial charge >= 0.3 is 0 Å². The maximum Gasteiger partial charge on any atom is 0.245 e. The van der Waals surface area contributed by atoms with Gasteiger partial charge in [-0.2, -0.15) is 0 Å². The van der Waals surface area contributed by atoms with Crippen molar-refractivity contribution in [2.45, 2.75) is 39.3 Å². The van der Waals surface area contributed by atoms with E-state index in [9.17, 15) is 13.2 Å². The van der Waals surface area contributed by atoms with Gasteiger partial charge in [-0.05, 0) is 39.3 Å². The van der Waals surface area contributed by atoms with Crippen LogP contribution >= 0.6 is 0 Å². The molecule has 1 aromatic rings. The quantitative estimate of drug-likeness (QED) is 0.897. The molecule has 2 atom stereocenters. The monoisotopic (exact) mass is 324 g/mol. The molecule has 1 aliphatic rings. The molecule has 2 unspecified atom stereocenters. The molecule has 0 radical (unpaired) electrons. The lowest BCUT2D eigenvalue weighted by atomic mass is 10.1. The van der Waals surface area contributed by atoms with E-state index in [0.717, 1.165) is 11.3 Å². The third-order valence-corrected chi connectivity index (χ3v) is 5.83. The summed E-state index contributed by atoms with van der Waals surface area (Å²) in [5.41, 5.74) is 2.05. The minimum absolute atomic E-state index is 0.0508. The number of nitrogens with one attached hydrogen (secondary N) is 1. The van der Waals surface area contributed by atoms with Gasteiger partial charge in [0.1, 0.15) is 6.04 Å². The van der Waals surface area contributed by atoms with Gasteiger partial charge in [-0.15, -0.1) is 0 Å². The van der Waals surface area contributed by atoms with E-state index < -0.39 is 9.84 Å². The number of carbonyl (C=O) groups is 1. The van der Waals surface area contributed by atoms with Crippen molar-refractivity contribution >= 4 is 21.4 Å². The number of hydrogen-bond acceptors (Lipinski definition) is 4. The molecule has 0 spiro atoms. The van der Waals surface area contributed by atoms with Crippen LogP contribution < -0.4 is 5.32 Å². The van der Waals surface area contributed by atoms with Gasteiger partial charge < -0.3 is 10.2 Å². The summed E-state index contributed by atoms with van der Waals surface area (Å²) < 4.78 is 23.2. The van der Waals surface area contributed by atoms with Crippen LogP contribution in [0.2, 0.25) is 0 Å². The zero-order chi connectivity index (χ0) is 16.3. The molecule has 1 fully saturated rings. The summed E-state index contributed by atoms with van der Waals surface area (Å²) in [7, 11) is -2.99. The van der Waals surface area contributed by atoms with Gasteiger partial charge in [-0.1, -0.05) is 17.7 Å². The van der Waals surface area contributed by atoms with Gasteiger partial charge in [-0.3, -0.25) is 4.79 Å². The minimum Gasteiger partial charge on any atom is -0.374 e. The SMILES string of the molecule is CCN(C(=O)C(C)Nc1ccc(C)cc1)C1CCS(=O)(=O)C1. The van der Waals surface area contributed by atoms with Crippen molar-refractivity contribution in [3.05, 3.63) is 29.8 Å². The lowest BCUT2D eigenvalue weighted by Gasteiger charge is -2.30. The van der Waals surface area contributed by atoms with E-state index >= 15 is 0 Å². The van der Waals surface area contributed by atoms with Gasteiger partial charge in [0.25, 0.3) is 0 Å².